The molecule has 2 N–H and O–H groups in total. The molecule has 0 aliphatic carbocycles. The number of rotatable bonds is 5. The highest BCUT2D eigenvalue weighted by Crippen LogP contribution is 2.14. The minimum Gasteiger partial charge on any atom is -0.491 e. The van der Waals surface area contributed by atoms with Crippen LogP contribution < -0.4 is 10.1 Å². The lowest BCUT2D eigenvalue weighted by Gasteiger charge is -2.12. The number of amides is 1. The number of carbonyl (C=O) groups excluding carboxylic acids is 1. The standard InChI is InChI=1S/C13H17NO4/c1-8(2)18-11-6-4-5-10(7-11)12(15)14-9(3)13(16)17/h4-9H,1-3H3,(H,14,15)(H,16,17)/t9-/m0/s1. The van der Waals surface area contributed by atoms with Crippen LogP contribution in [0, 0.1) is 0 Å². The average Bonchev–Trinajstić information content (AvgIpc) is 2.28. The number of aliphatic carboxylic acids is 1. The second kappa shape index (κ2) is 6.05. The van der Waals surface area contributed by atoms with Gasteiger partial charge in [0, 0.05) is 5.56 Å². The lowest BCUT2D eigenvalue weighted by molar-refractivity contribution is -0.138. The van der Waals surface area contributed by atoms with Crippen molar-refractivity contribution in [3.63, 3.8) is 0 Å². The van der Waals surface area contributed by atoms with Gasteiger partial charge in [0.25, 0.3) is 5.91 Å². The fourth-order valence-electron chi connectivity index (χ4n) is 1.32. The second-order valence-corrected chi connectivity index (χ2v) is 4.23. The van der Waals surface area contributed by atoms with Gasteiger partial charge < -0.3 is 15.2 Å². The molecule has 1 amide bonds. The molecule has 0 radical (unpaired) electrons. The Labute approximate surface area is 106 Å². The Hall–Kier alpha value is -2.04. The van der Waals surface area contributed by atoms with Crippen molar-refractivity contribution in [1.82, 2.24) is 5.32 Å². The van der Waals surface area contributed by atoms with Gasteiger partial charge in [0.15, 0.2) is 0 Å². The van der Waals surface area contributed by atoms with Crippen LogP contribution in [0.2, 0.25) is 0 Å². The molecule has 0 bridgehead atoms. The molecule has 0 aliphatic heterocycles. The highest BCUT2D eigenvalue weighted by Gasteiger charge is 2.15. The van der Waals surface area contributed by atoms with E-state index in [1.165, 1.54) is 6.92 Å². The molecular weight excluding hydrogens is 234 g/mol. The van der Waals surface area contributed by atoms with E-state index in [1.54, 1.807) is 24.3 Å². The van der Waals surface area contributed by atoms with Gasteiger partial charge in [-0.25, -0.2) is 0 Å². The first-order chi connectivity index (χ1) is 8.40. The molecule has 5 nitrogen and oxygen atoms in total. The molecule has 1 rings (SSSR count). The molecule has 0 aromatic heterocycles. The summed E-state index contributed by atoms with van der Waals surface area (Å²) < 4.78 is 5.46. The summed E-state index contributed by atoms with van der Waals surface area (Å²) in [5, 5.41) is 11.1. The Kier molecular flexibility index (Phi) is 4.71. The van der Waals surface area contributed by atoms with Crippen LogP contribution >= 0.6 is 0 Å². The number of carboxylic acid groups (broad SMARTS) is 1. The Morgan fingerprint density at radius 3 is 2.50 bits per heavy atom. The number of hydrogen-bond acceptors (Lipinski definition) is 3. The van der Waals surface area contributed by atoms with Crippen molar-refractivity contribution in [3.8, 4) is 5.75 Å². The molecule has 1 aromatic rings. The molecule has 1 atom stereocenters. The van der Waals surface area contributed by atoms with E-state index in [-0.39, 0.29) is 6.10 Å². The summed E-state index contributed by atoms with van der Waals surface area (Å²) in [6.45, 7) is 5.19. The maximum atomic E-state index is 11.8. The van der Waals surface area contributed by atoms with Crippen molar-refractivity contribution in [2.45, 2.75) is 32.9 Å². The summed E-state index contributed by atoms with van der Waals surface area (Å²) in [6.07, 6.45) is 0.0151. The van der Waals surface area contributed by atoms with Crippen molar-refractivity contribution >= 4 is 11.9 Å². The minimum atomic E-state index is -1.07. The highest BCUT2D eigenvalue weighted by molar-refractivity contribution is 5.96. The quantitative estimate of drug-likeness (QED) is 0.834. The number of carbonyl (C=O) groups is 2. The van der Waals surface area contributed by atoms with Gasteiger partial charge in [-0.1, -0.05) is 6.07 Å². The Balaban J connectivity index is 2.77. The number of ether oxygens (including phenoxy) is 1. The van der Waals surface area contributed by atoms with Crippen molar-refractivity contribution in [2.75, 3.05) is 0 Å². The van der Waals surface area contributed by atoms with E-state index in [4.69, 9.17) is 9.84 Å². The van der Waals surface area contributed by atoms with E-state index in [0.717, 1.165) is 0 Å². The van der Waals surface area contributed by atoms with Crippen LogP contribution in [0.25, 0.3) is 0 Å². The van der Waals surface area contributed by atoms with Crippen LogP contribution in [-0.2, 0) is 4.79 Å². The minimum absolute atomic E-state index is 0.0151. The van der Waals surface area contributed by atoms with E-state index in [0.29, 0.717) is 11.3 Å². The third-order valence-corrected chi connectivity index (χ3v) is 2.19. The fourth-order valence-corrected chi connectivity index (χ4v) is 1.32. The smallest absolute Gasteiger partial charge is 0.325 e. The molecule has 0 unspecified atom stereocenters. The molecule has 0 spiro atoms. The number of carboxylic acids is 1. The third kappa shape index (κ3) is 4.08. The van der Waals surface area contributed by atoms with Gasteiger partial charge in [-0.3, -0.25) is 9.59 Å². The first-order valence-corrected chi connectivity index (χ1v) is 5.70. The predicted molar refractivity (Wildman–Crippen MR) is 66.8 cm³/mol. The van der Waals surface area contributed by atoms with Crippen LogP contribution in [0.4, 0.5) is 0 Å². The molecule has 0 fully saturated rings. The van der Waals surface area contributed by atoms with Crippen LogP contribution in [0.15, 0.2) is 24.3 Å². The van der Waals surface area contributed by atoms with Crippen LogP contribution in [0.3, 0.4) is 0 Å². The van der Waals surface area contributed by atoms with E-state index in [2.05, 4.69) is 5.32 Å². The normalized spacial score (nSPS) is 12.0. The Morgan fingerprint density at radius 1 is 1.28 bits per heavy atom. The fraction of sp³-hybridized carbons (Fsp3) is 0.385. The maximum Gasteiger partial charge on any atom is 0.325 e. The first-order valence-electron chi connectivity index (χ1n) is 5.70. The monoisotopic (exact) mass is 251 g/mol. The summed E-state index contributed by atoms with van der Waals surface area (Å²) in [4.78, 5) is 22.4. The van der Waals surface area contributed by atoms with Crippen molar-refractivity contribution in [2.24, 2.45) is 0 Å². The van der Waals surface area contributed by atoms with Gasteiger partial charge in [-0.2, -0.15) is 0 Å². The van der Waals surface area contributed by atoms with Gasteiger partial charge in [0.2, 0.25) is 0 Å². The topological polar surface area (TPSA) is 75.6 Å². The summed E-state index contributed by atoms with van der Waals surface area (Å²) in [5.74, 6) is -0.919. The summed E-state index contributed by atoms with van der Waals surface area (Å²) in [6, 6.07) is 5.71. The summed E-state index contributed by atoms with van der Waals surface area (Å²) in [5.41, 5.74) is 0.376. The van der Waals surface area contributed by atoms with Gasteiger partial charge in [0.1, 0.15) is 11.8 Å². The molecule has 0 saturated heterocycles. The first kappa shape index (κ1) is 14.0. The Bertz CT molecular complexity index is 442. The molecule has 0 aliphatic rings. The van der Waals surface area contributed by atoms with Crippen LogP contribution in [0.1, 0.15) is 31.1 Å². The third-order valence-electron chi connectivity index (χ3n) is 2.19. The van der Waals surface area contributed by atoms with Crippen LogP contribution in [0.5, 0.6) is 5.75 Å². The molecule has 0 saturated carbocycles. The largest absolute Gasteiger partial charge is 0.491 e. The van der Waals surface area contributed by atoms with Gasteiger partial charge in [-0.15, -0.1) is 0 Å². The zero-order valence-electron chi connectivity index (χ0n) is 10.6. The molecule has 1 aromatic carbocycles. The number of hydrogen-bond donors (Lipinski definition) is 2. The lowest BCUT2D eigenvalue weighted by Crippen LogP contribution is -2.38. The van der Waals surface area contributed by atoms with Crippen molar-refractivity contribution in [1.29, 1.82) is 0 Å². The summed E-state index contributed by atoms with van der Waals surface area (Å²) in [7, 11) is 0. The second-order valence-electron chi connectivity index (χ2n) is 4.23. The lowest BCUT2D eigenvalue weighted by atomic mass is 10.2. The van der Waals surface area contributed by atoms with Crippen molar-refractivity contribution in [3.05, 3.63) is 29.8 Å². The number of nitrogens with one attached hydrogen (secondary N) is 1. The molecule has 98 valence electrons. The predicted octanol–water partition coefficient (Wildman–Crippen LogP) is 1.68. The van der Waals surface area contributed by atoms with E-state index in [1.807, 2.05) is 13.8 Å². The molecular formula is C13H17NO4. The van der Waals surface area contributed by atoms with Gasteiger partial charge in [-0.05, 0) is 39.0 Å². The van der Waals surface area contributed by atoms with Gasteiger partial charge >= 0.3 is 5.97 Å². The average molecular weight is 251 g/mol. The van der Waals surface area contributed by atoms with Crippen molar-refractivity contribution < 1.29 is 19.4 Å². The molecule has 5 heteroatoms. The van der Waals surface area contributed by atoms with E-state index in [9.17, 15) is 9.59 Å². The highest BCUT2D eigenvalue weighted by atomic mass is 16.5. The molecule has 18 heavy (non-hydrogen) atoms. The number of benzene rings is 1. The molecule has 0 heterocycles. The zero-order valence-corrected chi connectivity index (χ0v) is 10.6. The van der Waals surface area contributed by atoms with Gasteiger partial charge in [0.05, 0.1) is 6.10 Å². The SMILES string of the molecule is CC(C)Oc1cccc(C(=O)N[C@@H](C)C(=O)O)c1. The Morgan fingerprint density at radius 2 is 1.94 bits per heavy atom. The van der Waals surface area contributed by atoms with Crippen LogP contribution in [-0.4, -0.2) is 29.1 Å². The summed E-state index contributed by atoms with van der Waals surface area (Å²) >= 11 is 0. The maximum absolute atomic E-state index is 11.8. The van der Waals surface area contributed by atoms with E-state index >= 15 is 0 Å². The van der Waals surface area contributed by atoms with E-state index < -0.39 is 17.9 Å². The zero-order chi connectivity index (χ0) is 13.7.